The fourth-order valence-electron chi connectivity index (χ4n) is 2.94. The molecule has 3 nitrogen and oxygen atoms in total. The molecule has 0 saturated carbocycles. The van der Waals surface area contributed by atoms with Crippen molar-refractivity contribution in [3.8, 4) is 0 Å². The van der Waals surface area contributed by atoms with E-state index in [4.69, 9.17) is 5.73 Å². The second-order valence-electron chi connectivity index (χ2n) is 5.80. The molecule has 108 valence electrons. The second kappa shape index (κ2) is 6.22. The van der Waals surface area contributed by atoms with Crippen LogP contribution in [0.1, 0.15) is 24.6 Å². The lowest BCUT2D eigenvalue weighted by Crippen LogP contribution is -2.59. The van der Waals surface area contributed by atoms with E-state index >= 15 is 0 Å². The summed E-state index contributed by atoms with van der Waals surface area (Å²) < 4.78 is 1.18. The Balaban J connectivity index is 2.08. The minimum Gasteiger partial charge on any atom is -0.329 e. The third-order valence-electron chi connectivity index (χ3n) is 4.56. The highest BCUT2D eigenvalue weighted by atomic mass is 79.9. The molecule has 5 heteroatoms. The molecule has 0 aliphatic carbocycles. The Morgan fingerprint density at radius 1 is 1.63 bits per heavy atom. The number of hydrogen-bond acceptors (Lipinski definition) is 4. The molecule has 2 N–H and O–H groups in total. The topological polar surface area (TPSA) is 32.5 Å². The van der Waals surface area contributed by atoms with Gasteiger partial charge in [0.25, 0.3) is 0 Å². The summed E-state index contributed by atoms with van der Waals surface area (Å²) in [5, 5.41) is 2.15. The fraction of sp³-hybridized carbons (Fsp3) is 0.714. The molecule has 2 atom stereocenters. The smallest absolute Gasteiger partial charge is 0.0359 e. The van der Waals surface area contributed by atoms with Crippen molar-refractivity contribution in [1.82, 2.24) is 9.80 Å². The van der Waals surface area contributed by atoms with E-state index < -0.39 is 0 Å². The molecule has 1 aliphatic rings. The maximum atomic E-state index is 6.14. The van der Waals surface area contributed by atoms with Gasteiger partial charge in [-0.3, -0.25) is 4.90 Å². The zero-order chi connectivity index (χ0) is 14.0. The molecule has 1 aliphatic heterocycles. The molecule has 2 unspecified atom stereocenters. The molecule has 0 bridgehead atoms. The van der Waals surface area contributed by atoms with E-state index in [9.17, 15) is 0 Å². The summed E-state index contributed by atoms with van der Waals surface area (Å²) in [6.45, 7) is 5.17. The van der Waals surface area contributed by atoms with Crippen LogP contribution in [-0.4, -0.2) is 48.6 Å². The Labute approximate surface area is 128 Å². The number of hydrogen-bond donors (Lipinski definition) is 1. The summed E-state index contributed by atoms with van der Waals surface area (Å²) in [6, 6.07) is 2.82. The van der Waals surface area contributed by atoms with Crippen LogP contribution in [-0.2, 0) is 6.54 Å². The minimum atomic E-state index is 0.155. The number of piperidine rings is 1. The van der Waals surface area contributed by atoms with Crippen LogP contribution in [0.2, 0.25) is 0 Å². The van der Waals surface area contributed by atoms with E-state index in [1.54, 1.807) is 0 Å². The fourth-order valence-corrected chi connectivity index (χ4v) is 4.44. The van der Waals surface area contributed by atoms with E-state index in [0.29, 0.717) is 6.04 Å². The number of likely N-dealkylation sites (tertiary alicyclic amines) is 1. The minimum absolute atomic E-state index is 0.155. The largest absolute Gasteiger partial charge is 0.329 e. The van der Waals surface area contributed by atoms with E-state index in [0.717, 1.165) is 32.5 Å². The van der Waals surface area contributed by atoms with E-state index in [1.165, 1.54) is 9.35 Å². The molecule has 2 rings (SSSR count). The number of rotatable bonds is 4. The van der Waals surface area contributed by atoms with Gasteiger partial charge in [0.15, 0.2) is 0 Å². The number of nitrogens with zero attached hydrogens (tertiary/aromatic N) is 2. The maximum Gasteiger partial charge on any atom is 0.0359 e. The summed E-state index contributed by atoms with van der Waals surface area (Å²) >= 11 is 5.34. The molecular formula is C14H24BrN3S. The lowest BCUT2D eigenvalue weighted by atomic mass is 9.82. The predicted octanol–water partition coefficient (Wildman–Crippen LogP) is 2.75. The molecule has 1 aromatic heterocycles. The van der Waals surface area contributed by atoms with Gasteiger partial charge >= 0.3 is 0 Å². The van der Waals surface area contributed by atoms with Crippen LogP contribution in [0.5, 0.6) is 0 Å². The van der Waals surface area contributed by atoms with Gasteiger partial charge in [-0.05, 0) is 62.4 Å². The highest BCUT2D eigenvalue weighted by Gasteiger charge is 2.39. The Bertz CT molecular complexity index is 423. The van der Waals surface area contributed by atoms with Crippen LogP contribution >= 0.6 is 27.3 Å². The number of halogens is 1. The standard InChI is InChI=1S/C14H24BrN3S/c1-11-7-14(10-16,4-5-17(11)2)18(3)8-13-6-12(15)9-19-13/h6,9,11H,4-5,7-8,10,16H2,1-3H3. The van der Waals surface area contributed by atoms with Crippen LogP contribution in [0.15, 0.2) is 15.9 Å². The van der Waals surface area contributed by atoms with E-state index in [2.05, 4.69) is 58.2 Å². The summed E-state index contributed by atoms with van der Waals surface area (Å²) in [5.41, 5.74) is 6.29. The molecule has 0 radical (unpaired) electrons. The first-order valence-corrected chi connectivity index (χ1v) is 8.48. The van der Waals surface area contributed by atoms with E-state index in [1.807, 2.05) is 11.3 Å². The van der Waals surface area contributed by atoms with Crippen molar-refractivity contribution < 1.29 is 0 Å². The lowest BCUT2D eigenvalue weighted by Gasteiger charge is -2.49. The first-order valence-electron chi connectivity index (χ1n) is 6.81. The van der Waals surface area contributed by atoms with Crippen molar-refractivity contribution in [3.63, 3.8) is 0 Å². The Morgan fingerprint density at radius 2 is 2.37 bits per heavy atom. The molecule has 1 aromatic rings. The van der Waals surface area contributed by atoms with Gasteiger partial charge in [-0.2, -0.15) is 0 Å². The zero-order valence-corrected chi connectivity index (χ0v) is 14.4. The van der Waals surface area contributed by atoms with E-state index in [-0.39, 0.29) is 5.54 Å². The molecule has 0 amide bonds. The van der Waals surface area contributed by atoms with Crippen molar-refractivity contribution in [3.05, 3.63) is 20.8 Å². The quantitative estimate of drug-likeness (QED) is 0.910. The average Bonchev–Trinajstić information content (AvgIpc) is 2.78. The number of likely N-dealkylation sites (N-methyl/N-ethyl adjacent to an activating group) is 1. The first-order chi connectivity index (χ1) is 8.97. The predicted molar refractivity (Wildman–Crippen MR) is 86.6 cm³/mol. The molecular weight excluding hydrogens is 322 g/mol. The van der Waals surface area contributed by atoms with Gasteiger partial charge in [-0.25, -0.2) is 0 Å². The van der Waals surface area contributed by atoms with Gasteiger partial charge in [0.05, 0.1) is 0 Å². The van der Waals surface area contributed by atoms with Crippen LogP contribution in [0.4, 0.5) is 0 Å². The molecule has 0 spiro atoms. The van der Waals surface area contributed by atoms with Crippen molar-refractivity contribution in [2.24, 2.45) is 5.73 Å². The lowest BCUT2D eigenvalue weighted by molar-refractivity contribution is 0.0227. The highest BCUT2D eigenvalue weighted by molar-refractivity contribution is 9.10. The number of thiophene rings is 1. The van der Waals surface area contributed by atoms with Gasteiger partial charge in [-0.15, -0.1) is 11.3 Å². The molecule has 19 heavy (non-hydrogen) atoms. The molecule has 1 saturated heterocycles. The molecule has 0 aromatic carbocycles. The first kappa shape index (κ1) is 15.4. The Hall–Kier alpha value is 0.0600. The van der Waals surface area contributed by atoms with Crippen molar-refractivity contribution >= 4 is 27.3 Å². The zero-order valence-electron chi connectivity index (χ0n) is 12.0. The average molecular weight is 346 g/mol. The Morgan fingerprint density at radius 3 is 2.89 bits per heavy atom. The maximum absolute atomic E-state index is 6.14. The second-order valence-corrected chi connectivity index (χ2v) is 7.71. The summed E-state index contributed by atoms with van der Waals surface area (Å²) in [6.07, 6.45) is 2.32. The van der Waals surface area contributed by atoms with Gasteiger partial charge in [0.1, 0.15) is 0 Å². The van der Waals surface area contributed by atoms with Crippen LogP contribution in [0.3, 0.4) is 0 Å². The summed E-state index contributed by atoms with van der Waals surface area (Å²) in [4.78, 5) is 6.30. The normalized spacial score (nSPS) is 29.1. The SMILES string of the molecule is CC1CC(CN)(N(C)Cc2cc(Br)cs2)CCN1C. The summed E-state index contributed by atoms with van der Waals surface area (Å²) in [5.74, 6) is 0. The van der Waals surface area contributed by atoms with Gasteiger partial charge in [0.2, 0.25) is 0 Å². The Kier molecular flexibility index (Phi) is 5.06. The molecule has 2 heterocycles. The van der Waals surface area contributed by atoms with Crippen molar-refractivity contribution in [2.75, 3.05) is 27.2 Å². The van der Waals surface area contributed by atoms with Crippen LogP contribution in [0, 0.1) is 0 Å². The van der Waals surface area contributed by atoms with Crippen molar-refractivity contribution in [2.45, 2.75) is 37.9 Å². The van der Waals surface area contributed by atoms with Gasteiger partial charge in [0, 0.05) is 39.4 Å². The third kappa shape index (κ3) is 3.39. The summed E-state index contributed by atoms with van der Waals surface area (Å²) in [7, 11) is 4.43. The third-order valence-corrected chi connectivity index (χ3v) is 6.24. The highest BCUT2D eigenvalue weighted by Crippen LogP contribution is 2.32. The number of nitrogens with two attached hydrogens (primary N) is 1. The van der Waals surface area contributed by atoms with Crippen LogP contribution in [0.25, 0.3) is 0 Å². The van der Waals surface area contributed by atoms with Crippen molar-refractivity contribution in [1.29, 1.82) is 0 Å². The molecule has 1 fully saturated rings. The van der Waals surface area contributed by atoms with Crippen LogP contribution < -0.4 is 5.73 Å². The van der Waals surface area contributed by atoms with Gasteiger partial charge < -0.3 is 10.6 Å². The van der Waals surface area contributed by atoms with Gasteiger partial charge in [-0.1, -0.05) is 0 Å². The monoisotopic (exact) mass is 345 g/mol.